The largest absolute Gasteiger partial charge is 0.312 e. The smallest absolute Gasteiger partial charge is 0.305 e. The number of H-pyrrole nitrogens is 1. The minimum absolute atomic E-state index is 0.117. The van der Waals surface area contributed by atoms with E-state index in [-0.39, 0.29) is 4.87 Å². The Balaban J connectivity index is 2.99. The van der Waals surface area contributed by atoms with Crippen LogP contribution in [0.4, 0.5) is 0 Å². The van der Waals surface area contributed by atoms with Gasteiger partial charge >= 0.3 is 4.87 Å². The van der Waals surface area contributed by atoms with Gasteiger partial charge in [-0.2, -0.15) is 0 Å². The maximum atomic E-state index is 10.9. The number of rotatable bonds is 0. The van der Waals surface area contributed by atoms with Gasteiger partial charge in [-0.15, -0.1) is 0 Å². The van der Waals surface area contributed by atoms with Crippen LogP contribution in [0, 0.1) is 0 Å². The Morgan fingerprint density at radius 3 is 2.83 bits per heavy atom. The second kappa shape index (κ2) is 2.76. The van der Waals surface area contributed by atoms with Gasteiger partial charge in [0.25, 0.3) is 0 Å². The molecule has 0 saturated heterocycles. The topological polar surface area (TPSA) is 32.9 Å². The van der Waals surface area contributed by atoms with Crippen molar-refractivity contribution < 1.29 is 0 Å². The van der Waals surface area contributed by atoms with Gasteiger partial charge in [0.15, 0.2) is 0 Å². The molecule has 2 rings (SSSR count). The maximum Gasteiger partial charge on any atom is 0.305 e. The number of hydrogen-bond donors (Lipinski definition) is 1. The Bertz CT molecular complexity index is 488. The zero-order chi connectivity index (χ0) is 8.72. The van der Waals surface area contributed by atoms with Crippen molar-refractivity contribution in [3.05, 3.63) is 31.8 Å². The SMILES string of the molecule is O=c1[nH]c2ccc(Cl)c(Cl)c2s1. The summed E-state index contributed by atoms with van der Waals surface area (Å²) in [6, 6.07) is 3.40. The lowest BCUT2D eigenvalue weighted by Crippen LogP contribution is -1.89. The van der Waals surface area contributed by atoms with E-state index < -0.39 is 0 Å². The molecule has 0 bridgehead atoms. The summed E-state index contributed by atoms with van der Waals surface area (Å²) in [5.74, 6) is 0. The molecule has 0 radical (unpaired) electrons. The third kappa shape index (κ3) is 1.14. The first-order valence-corrected chi connectivity index (χ1v) is 4.72. The molecule has 0 atom stereocenters. The standard InChI is InChI=1S/C7H3Cl2NOS/c8-3-1-2-4-6(5(3)9)12-7(11)10-4/h1-2H,(H,10,11). The zero-order valence-electron chi connectivity index (χ0n) is 5.73. The molecule has 2 aromatic rings. The minimum Gasteiger partial charge on any atom is -0.312 e. The van der Waals surface area contributed by atoms with Crippen LogP contribution in [-0.2, 0) is 0 Å². The molecule has 2 nitrogen and oxygen atoms in total. The van der Waals surface area contributed by atoms with E-state index in [2.05, 4.69) is 4.98 Å². The molecule has 0 aliphatic carbocycles. The van der Waals surface area contributed by atoms with E-state index in [4.69, 9.17) is 23.2 Å². The predicted molar refractivity (Wildman–Crippen MR) is 52.5 cm³/mol. The lowest BCUT2D eigenvalue weighted by atomic mass is 10.3. The van der Waals surface area contributed by atoms with E-state index in [0.29, 0.717) is 14.7 Å². The maximum absolute atomic E-state index is 10.9. The Labute approximate surface area is 81.7 Å². The fourth-order valence-corrected chi connectivity index (χ4v) is 2.23. The van der Waals surface area contributed by atoms with Gasteiger partial charge in [0.2, 0.25) is 0 Å². The minimum atomic E-state index is -0.117. The van der Waals surface area contributed by atoms with Gasteiger partial charge in [-0.25, -0.2) is 0 Å². The number of halogens is 2. The van der Waals surface area contributed by atoms with Crippen molar-refractivity contribution in [1.82, 2.24) is 4.98 Å². The predicted octanol–water partition coefficient (Wildman–Crippen LogP) is 2.90. The fraction of sp³-hybridized carbons (Fsp3) is 0. The summed E-state index contributed by atoms with van der Waals surface area (Å²) in [6.07, 6.45) is 0. The highest BCUT2D eigenvalue weighted by molar-refractivity contribution is 7.17. The summed E-state index contributed by atoms with van der Waals surface area (Å²) >= 11 is 12.7. The molecule has 0 saturated carbocycles. The molecule has 1 aromatic heterocycles. The third-order valence-electron chi connectivity index (χ3n) is 1.48. The molecular weight excluding hydrogens is 217 g/mol. The molecule has 1 N–H and O–H groups in total. The molecule has 0 amide bonds. The van der Waals surface area contributed by atoms with E-state index in [0.717, 1.165) is 16.9 Å². The number of benzene rings is 1. The molecule has 5 heteroatoms. The molecule has 0 aliphatic heterocycles. The first-order chi connectivity index (χ1) is 5.68. The molecule has 12 heavy (non-hydrogen) atoms. The van der Waals surface area contributed by atoms with Gasteiger partial charge < -0.3 is 4.98 Å². The molecule has 1 aromatic carbocycles. The number of aromatic amines is 1. The monoisotopic (exact) mass is 219 g/mol. The highest BCUT2D eigenvalue weighted by Crippen LogP contribution is 2.31. The van der Waals surface area contributed by atoms with Crippen molar-refractivity contribution in [3.8, 4) is 0 Å². The Morgan fingerprint density at radius 2 is 2.08 bits per heavy atom. The molecule has 0 fully saturated rings. The summed E-state index contributed by atoms with van der Waals surface area (Å²) in [7, 11) is 0. The van der Waals surface area contributed by atoms with Crippen LogP contribution in [0.2, 0.25) is 10.0 Å². The second-order valence-electron chi connectivity index (χ2n) is 2.25. The molecular formula is C7H3Cl2NOS. The Hall–Kier alpha value is -0.510. The van der Waals surface area contributed by atoms with Crippen LogP contribution in [0.25, 0.3) is 10.2 Å². The molecule has 0 aliphatic rings. The van der Waals surface area contributed by atoms with Gasteiger partial charge in [0.1, 0.15) is 0 Å². The molecule has 62 valence electrons. The highest BCUT2D eigenvalue weighted by atomic mass is 35.5. The van der Waals surface area contributed by atoms with Crippen LogP contribution in [0.15, 0.2) is 16.9 Å². The van der Waals surface area contributed by atoms with Crippen molar-refractivity contribution in [1.29, 1.82) is 0 Å². The van der Waals surface area contributed by atoms with Crippen molar-refractivity contribution in [2.75, 3.05) is 0 Å². The average Bonchev–Trinajstić information content (AvgIpc) is 2.39. The van der Waals surface area contributed by atoms with Crippen molar-refractivity contribution in [3.63, 3.8) is 0 Å². The first kappa shape index (κ1) is 8.10. The first-order valence-electron chi connectivity index (χ1n) is 3.15. The van der Waals surface area contributed by atoms with Crippen LogP contribution >= 0.6 is 34.5 Å². The Kier molecular flexibility index (Phi) is 1.87. The summed E-state index contributed by atoms with van der Waals surface area (Å²) in [4.78, 5) is 13.4. The van der Waals surface area contributed by atoms with Crippen molar-refractivity contribution in [2.24, 2.45) is 0 Å². The summed E-state index contributed by atoms with van der Waals surface area (Å²) in [5.41, 5.74) is 0.736. The quantitative estimate of drug-likeness (QED) is 0.727. The van der Waals surface area contributed by atoms with Crippen LogP contribution < -0.4 is 4.87 Å². The van der Waals surface area contributed by atoms with E-state index in [9.17, 15) is 4.79 Å². The van der Waals surface area contributed by atoms with Crippen LogP contribution in [0.5, 0.6) is 0 Å². The fourth-order valence-electron chi connectivity index (χ4n) is 0.958. The van der Waals surface area contributed by atoms with E-state index in [1.54, 1.807) is 12.1 Å². The third-order valence-corrected chi connectivity index (χ3v) is 3.31. The number of thiazole rings is 1. The average molecular weight is 220 g/mol. The van der Waals surface area contributed by atoms with Gasteiger partial charge in [0, 0.05) is 0 Å². The number of fused-ring (bicyclic) bond motifs is 1. The summed E-state index contributed by atoms with van der Waals surface area (Å²) < 4.78 is 0.717. The molecule has 0 unspecified atom stereocenters. The van der Waals surface area contributed by atoms with E-state index in [1.165, 1.54) is 0 Å². The van der Waals surface area contributed by atoms with E-state index >= 15 is 0 Å². The highest BCUT2D eigenvalue weighted by Gasteiger charge is 2.06. The number of hydrogen-bond acceptors (Lipinski definition) is 2. The molecule has 0 spiro atoms. The van der Waals surface area contributed by atoms with Crippen molar-refractivity contribution >= 4 is 44.8 Å². The number of nitrogens with one attached hydrogen (secondary N) is 1. The van der Waals surface area contributed by atoms with Gasteiger partial charge in [-0.1, -0.05) is 34.5 Å². The summed E-state index contributed by atoms with van der Waals surface area (Å²) in [5, 5.41) is 0.914. The van der Waals surface area contributed by atoms with Gasteiger partial charge in [-0.05, 0) is 12.1 Å². The van der Waals surface area contributed by atoms with Crippen LogP contribution in [0.3, 0.4) is 0 Å². The van der Waals surface area contributed by atoms with Crippen LogP contribution in [-0.4, -0.2) is 4.98 Å². The lowest BCUT2D eigenvalue weighted by Gasteiger charge is -1.93. The van der Waals surface area contributed by atoms with Crippen LogP contribution in [0.1, 0.15) is 0 Å². The van der Waals surface area contributed by atoms with Crippen molar-refractivity contribution in [2.45, 2.75) is 0 Å². The Morgan fingerprint density at radius 1 is 1.33 bits per heavy atom. The summed E-state index contributed by atoms with van der Waals surface area (Å²) in [6.45, 7) is 0. The van der Waals surface area contributed by atoms with E-state index in [1.807, 2.05) is 0 Å². The molecule has 1 heterocycles. The van der Waals surface area contributed by atoms with Gasteiger partial charge in [0.05, 0.1) is 20.3 Å². The van der Waals surface area contributed by atoms with Gasteiger partial charge in [-0.3, -0.25) is 4.79 Å². The number of aromatic nitrogens is 1. The lowest BCUT2D eigenvalue weighted by molar-refractivity contribution is 1.41. The zero-order valence-corrected chi connectivity index (χ0v) is 8.06. The normalized spacial score (nSPS) is 10.8. The second-order valence-corrected chi connectivity index (χ2v) is 4.02.